The van der Waals surface area contributed by atoms with Crippen molar-refractivity contribution >= 4 is 28.8 Å². The Labute approximate surface area is 151 Å². The van der Waals surface area contributed by atoms with Crippen molar-refractivity contribution in [1.82, 2.24) is 9.88 Å². The number of aryl methyl sites for hydroxylation is 1. The molecule has 0 N–H and O–H groups in total. The largest absolute Gasteiger partial charge is 0.353 e. The summed E-state index contributed by atoms with van der Waals surface area (Å²) in [6.07, 6.45) is 3.86. The second-order valence-corrected chi connectivity index (χ2v) is 7.62. The molecule has 1 atom stereocenters. The minimum atomic E-state index is -0.150. The number of anilines is 1. The van der Waals surface area contributed by atoms with Crippen LogP contribution < -0.4 is 4.90 Å². The van der Waals surface area contributed by atoms with Gasteiger partial charge in [-0.25, -0.2) is 4.98 Å². The van der Waals surface area contributed by atoms with Gasteiger partial charge in [-0.1, -0.05) is 6.07 Å². The third-order valence-electron chi connectivity index (χ3n) is 5.13. The van der Waals surface area contributed by atoms with E-state index in [9.17, 15) is 9.59 Å². The highest BCUT2D eigenvalue weighted by Gasteiger charge is 2.32. The van der Waals surface area contributed by atoms with E-state index >= 15 is 0 Å². The zero-order valence-electron chi connectivity index (χ0n) is 14.1. The number of aromatic nitrogens is 1. The van der Waals surface area contributed by atoms with Crippen LogP contribution in [0.15, 0.2) is 35.8 Å². The molecule has 0 spiro atoms. The molecule has 1 unspecified atom stereocenters. The first-order chi connectivity index (χ1) is 12.2. The van der Waals surface area contributed by atoms with Gasteiger partial charge >= 0.3 is 0 Å². The van der Waals surface area contributed by atoms with Gasteiger partial charge in [-0.15, -0.1) is 11.3 Å². The smallest absolute Gasteiger partial charge is 0.223 e. The van der Waals surface area contributed by atoms with Gasteiger partial charge in [-0.3, -0.25) is 9.59 Å². The number of hydrogen-bond acceptors (Lipinski definition) is 5. The molecule has 1 fully saturated rings. The maximum atomic E-state index is 12.6. The first kappa shape index (κ1) is 16.3. The minimum absolute atomic E-state index is 0.109. The molecule has 1 saturated heterocycles. The number of piperazine rings is 1. The van der Waals surface area contributed by atoms with Gasteiger partial charge < -0.3 is 9.80 Å². The molecule has 2 aliphatic rings. The summed E-state index contributed by atoms with van der Waals surface area (Å²) in [6, 6.07) is 7.79. The summed E-state index contributed by atoms with van der Waals surface area (Å²) in [4.78, 5) is 34.8. The Balaban J connectivity index is 1.33. The first-order valence-corrected chi connectivity index (χ1v) is 9.64. The molecule has 0 saturated carbocycles. The lowest BCUT2D eigenvalue weighted by Gasteiger charge is -2.36. The minimum Gasteiger partial charge on any atom is -0.353 e. The van der Waals surface area contributed by atoms with Crippen LogP contribution in [-0.4, -0.2) is 47.8 Å². The average molecular weight is 355 g/mol. The fourth-order valence-electron chi connectivity index (χ4n) is 3.67. The second-order valence-electron chi connectivity index (χ2n) is 6.62. The average Bonchev–Trinajstić information content (AvgIpc) is 3.14. The van der Waals surface area contributed by atoms with E-state index in [0.29, 0.717) is 19.5 Å². The van der Waals surface area contributed by atoms with Gasteiger partial charge in [0.1, 0.15) is 5.82 Å². The first-order valence-electron chi connectivity index (χ1n) is 8.76. The number of carbonyl (C=O) groups excluding carboxylic acids is 2. The van der Waals surface area contributed by atoms with Crippen LogP contribution in [0.4, 0.5) is 5.82 Å². The Kier molecular flexibility index (Phi) is 4.53. The maximum absolute atomic E-state index is 12.6. The number of pyridine rings is 1. The molecule has 1 aliphatic heterocycles. The van der Waals surface area contributed by atoms with Crippen molar-refractivity contribution in [3.05, 3.63) is 46.3 Å². The quantitative estimate of drug-likeness (QED) is 0.849. The number of ketones is 1. The molecule has 0 aromatic carbocycles. The molecule has 0 bridgehead atoms. The summed E-state index contributed by atoms with van der Waals surface area (Å²) in [5.74, 6) is 1.08. The van der Waals surface area contributed by atoms with Gasteiger partial charge in [0.15, 0.2) is 5.78 Å². The van der Waals surface area contributed by atoms with Crippen LogP contribution in [0.25, 0.3) is 0 Å². The maximum Gasteiger partial charge on any atom is 0.223 e. The lowest BCUT2D eigenvalue weighted by atomic mass is 9.84. The van der Waals surface area contributed by atoms with E-state index in [0.717, 1.165) is 37.3 Å². The number of amides is 1. The zero-order chi connectivity index (χ0) is 17.2. The molecule has 130 valence electrons. The van der Waals surface area contributed by atoms with Crippen molar-refractivity contribution < 1.29 is 9.59 Å². The van der Waals surface area contributed by atoms with E-state index in [1.54, 1.807) is 17.5 Å². The Bertz CT molecular complexity index is 766. The highest BCUT2D eigenvalue weighted by molar-refractivity contribution is 7.10. The van der Waals surface area contributed by atoms with Gasteiger partial charge in [0.25, 0.3) is 0 Å². The molecular weight excluding hydrogens is 334 g/mol. The molecule has 1 amide bonds. The Morgan fingerprint density at radius 2 is 2.04 bits per heavy atom. The summed E-state index contributed by atoms with van der Waals surface area (Å²) >= 11 is 1.65. The van der Waals surface area contributed by atoms with E-state index in [1.165, 1.54) is 4.88 Å². The molecule has 2 aromatic rings. The number of fused-ring (bicyclic) bond motifs is 1. The highest BCUT2D eigenvalue weighted by Crippen LogP contribution is 2.31. The number of rotatable bonds is 3. The molecule has 0 radical (unpaired) electrons. The summed E-state index contributed by atoms with van der Waals surface area (Å²) in [5.41, 5.74) is 0.842. The Morgan fingerprint density at radius 1 is 1.20 bits per heavy atom. The van der Waals surface area contributed by atoms with E-state index in [1.807, 2.05) is 34.5 Å². The Morgan fingerprint density at radius 3 is 2.80 bits per heavy atom. The summed E-state index contributed by atoms with van der Waals surface area (Å²) in [5, 5.41) is 1.98. The van der Waals surface area contributed by atoms with Crippen LogP contribution in [-0.2, 0) is 11.2 Å². The third kappa shape index (κ3) is 3.31. The van der Waals surface area contributed by atoms with Crippen molar-refractivity contribution in [1.29, 1.82) is 0 Å². The van der Waals surface area contributed by atoms with Crippen molar-refractivity contribution in [2.45, 2.75) is 19.3 Å². The number of hydrogen-bond donors (Lipinski definition) is 0. The molecule has 5 nitrogen and oxygen atoms in total. The van der Waals surface area contributed by atoms with Crippen LogP contribution in [0.5, 0.6) is 0 Å². The molecule has 25 heavy (non-hydrogen) atoms. The van der Waals surface area contributed by atoms with Gasteiger partial charge in [-0.05, 0) is 36.4 Å². The number of nitrogens with zero attached hydrogens (tertiary/aromatic N) is 3. The standard InChI is InChI=1S/C19H21N3O2S/c23-18(13-14-4-5-16-15(19(14)24)6-12-25-16)22-10-8-21(9-11-22)17-3-1-2-7-20-17/h1-3,6-7,12,14H,4-5,8-11,13H2. The summed E-state index contributed by atoms with van der Waals surface area (Å²) < 4.78 is 0. The fourth-order valence-corrected chi connectivity index (χ4v) is 4.57. The normalized spacial score (nSPS) is 20.5. The van der Waals surface area contributed by atoms with Gasteiger partial charge in [0, 0.05) is 55.2 Å². The zero-order valence-corrected chi connectivity index (χ0v) is 14.9. The predicted octanol–water partition coefficient (Wildman–Crippen LogP) is 2.63. The number of carbonyl (C=O) groups is 2. The molecule has 4 rings (SSSR count). The van der Waals surface area contributed by atoms with Gasteiger partial charge in [-0.2, -0.15) is 0 Å². The van der Waals surface area contributed by atoms with E-state index in [-0.39, 0.29) is 17.6 Å². The van der Waals surface area contributed by atoms with Crippen molar-refractivity contribution in [3.8, 4) is 0 Å². The SMILES string of the molecule is O=C1c2ccsc2CCC1CC(=O)N1CCN(c2ccccn2)CC1. The number of Topliss-reactive ketones (excluding diaryl/α,β-unsaturated/α-hetero) is 1. The lowest BCUT2D eigenvalue weighted by molar-refractivity contribution is -0.132. The van der Waals surface area contributed by atoms with Crippen LogP contribution >= 0.6 is 11.3 Å². The summed E-state index contributed by atoms with van der Waals surface area (Å²) in [7, 11) is 0. The van der Waals surface area contributed by atoms with Crippen LogP contribution in [0, 0.1) is 5.92 Å². The highest BCUT2D eigenvalue weighted by atomic mass is 32.1. The third-order valence-corrected chi connectivity index (χ3v) is 6.11. The van der Waals surface area contributed by atoms with Gasteiger partial charge in [0.05, 0.1) is 0 Å². The molecule has 6 heteroatoms. The predicted molar refractivity (Wildman–Crippen MR) is 98.1 cm³/mol. The van der Waals surface area contributed by atoms with Crippen molar-refractivity contribution in [3.63, 3.8) is 0 Å². The molecule has 3 heterocycles. The van der Waals surface area contributed by atoms with Crippen LogP contribution in [0.1, 0.15) is 28.1 Å². The number of thiophene rings is 1. The molecular formula is C19H21N3O2S. The van der Waals surface area contributed by atoms with Crippen LogP contribution in [0.3, 0.4) is 0 Å². The lowest BCUT2D eigenvalue weighted by Crippen LogP contribution is -2.49. The fraction of sp³-hybridized carbons (Fsp3) is 0.421. The van der Waals surface area contributed by atoms with Crippen molar-refractivity contribution in [2.75, 3.05) is 31.1 Å². The molecule has 2 aromatic heterocycles. The summed E-state index contributed by atoms with van der Waals surface area (Å²) in [6.45, 7) is 2.96. The second kappa shape index (κ2) is 6.96. The topological polar surface area (TPSA) is 53.5 Å². The monoisotopic (exact) mass is 355 g/mol. The van der Waals surface area contributed by atoms with Crippen molar-refractivity contribution in [2.24, 2.45) is 5.92 Å². The van der Waals surface area contributed by atoms with E-state index in [4.69, 9.17) is 0 Å². The van der Waals surface area contributed by atoms with Gasteiger partial charge in [0.2, 0.25) is 5.91 Å². The van der Waals surface area contributed by atoms with Crippen LogP contribution in [0.2, 0.25) is 0 Å². The molecule has 1 aliphatic carbocycles. The Hall–Kier alpha value is -2.21. The van der Waals surface area contributed by atoms with E-state index in [2.05, 4.69) is 9.88 Å². The van der Waals surface area contributed by atoms with E-state index < -0.39 is 0 Å².